The second-order valence-electron chi connectivity index (χ2n) is 6.71. The molecule has 0 aliphatic heterocycles. The molecule has 4 rings (SSSR count). The van der Waals surface area contributed by atoms with E-state index in [0.29, 0.717) is 0 Å². The van der Waals surface area contributed by atoms with Crippen LogP contribution in [0.1, 0.15) is 17.2 Å². The van der Waals surface area contributed by atoms with Gasteiger partial charge in [0.25, 0.3) is 0 Å². The van der Waals surface area contributed by atoms with Gasteiger partial charge in [-0.3, -0.25) is 10.1 Å². The number of hydrogen-bond acceptors (Lipinski definition) is 2. The topological polar surface area (TPSA) is 41.1 Å². The van der Waals surface area contributed by atoms with Gasteiger partial charge in [0.2, 0.25) is 5.91 Å². The van der Waals surface area contributed by atoms with E-state index in [0.717, 1.165) is 27.6 Å². The van der Waals surface area contributed by atoms with Crippen molar-refractivity contribution in [1.29, 1.82) is 0 Å². The first kappa shape index (κ1) is 18.0. The number of hydrogen-bond donors (Lipinski definition) is 2. The number of nitrogens with one attached hydrogen (secondary N) is 2. The first-order valence-electron chi connectivity index (χ1n) is 9.42. The highest BCUT2D eigenvalue weighted by Gasteiger charge is 2.15. The van der Waals surface area contributed by atoms with Crippen LogP contribution in [0.3, 0.4) is 0 Å². The van der Waals surface area contributed by atoms with E-state index in [1.807, 2.05) is 78.9 Å². The fourth-order valence-electron chi connectivity index (χ4n) is 3.44. The summed E-state index contributed by atoms with van der Waals surface area (Å²) >= 11 is 0. The number of benzene rings is 4. The van der Waals surface area contributed by atoms with Gasteiger partial charge in [0.05, 0.1) is 12.6 Å². The van der Waals surface area contributed by atoms with Crippen molar-refractivity contribution in [1.82, 2.24) is 5.32 Å². The summed E-state index contributed by atoms with van der Waals surface area (Å²) < 4.78 is 0. The summed E-state index contributed by atoms with van der Waals surface area (Å²) in [5.41, 5.74) is 3.10. The first-order valence-corrected chi connectivity index (χ1v) is 9.42. The van der Waals surface area contributed by atoms with E-state index in [9.17, 15) is 4.79 Å². The highest BCUT2D eigenvalue weighted by Crippen LogP contribution is 2.24. The molecule has 0 aliphatic rings. The van der Waals surface area contributed by atoms with Crippen LogP contribution < -0.4 is 10.6 Å². The maximum Gasteiger partial charge on any atom is 0.238 e. The molecule has 0 spiro atoms. The summed E-state index contributed by atoms with van der Waals surface area (Å²) in [5.74, 6) is -0.0618. The Labute approximate surface area is 165 Å². The minimum absolute atomic E-state index is 0.0410. The number of carbonyl (C=O) groups is 1. The Balaban J connectivity index is 1.50. The fraction of sp³-hybridized carbons (Fsp3) is 0.0800. The van der Waals surface area contributed by atoms with Gasteiger partial charge in [-0.2, -0.15) is 0 Å². The maximum atomic E-state index is 12.6. The van der Waals surface area contributed by atoms with Crippen molar-refractivity contribution in [3.05, 3.63) is 114 Å². The van der Waals surface area contributed by atoms with Gasteiger partial charge in [-0.15, -0.1) is 0 Å². The largest absolute Gasteiger partial charge is 0.324 e. The van der Waals surface area contributed by atoms with Crippen LogP contribution >= 0.6 is 0 Å². The van der Waals surface area contributed by atoms with Gasteiger partial charge in [-0.1, -0.05) is 97.1 Å². The minimum atomic E-state index is -0.0618. The maximum absolute atomic E-state index is 12.6. The van der Waals surface area contributed by atoms with Gasteiger partial charge in [-0.25, -0.2) is 0 Å². The zero-order valence-corrected chi connectivity index (χ0v) is 15.5. The Hall–Kier alpha value is -3.43. The van der Waals surface area contributed by atoms with E-state index in [4.69, 9.17) is 0 Å². The van der Waals surface area contributed by atoms with E-state index in [1.165, 1.54) is 0 Å². The zero-order valence-electron chi connectivity index (χ0n) is 15.5. The van der Waals surface area contributed by atoms with Crippen molar-refractivity contribution in [3.63, 3.8) is 0 Å². The Morgan fingerprint density at radius 1 is 0.679 bits per heavy atom. The molecule has 0 heterocycles. The van der Waals surface area contributed by atoms with E-state index in [1.54, 1.807) is 0 Å². The minimum Gasteiger partial charge on any atom is -0.324 e. The summed E-state index contributed by atoms with van der Waals surface area (Å²) in [4.78, 5) is 12.6. The van der Waals surface area contributed by atoms with E-state index in [2.05, 4.69) is 34.9 Å². The summed E-state index contributed by atoms with van der Waals surface area (Å²) in [6, 6.07) is 34.3. The SMILES string of the molecule is O=C(CNC(c1ccccc1)c1ccccc1)Nc1cccc2ccccc12. The normalized spacial score (nSPS) is 10.9. The number of anilines is 1. The molecule has 0 aliphatic carbocycles. The summed E-state index contributed by atoms with van der Waals surface area (Å²) in [7, 11) is 0. The molecule has 0 atom stereocenters. The highest BCUT2D eigenvalue weighted by molar-refractivity contribution is 6.02. The standard InChI is InChI=1S/C25H22N2O/c28-24(27-23-17-9-15-19-10-7-8-16-22(19)23)18-26-25(20-11-3-1-4-12-20)21-13-5-2-6-14-21/h1-17,25-26H,18H2,(H,27,28). The van der Waals surface area contributed by atoms with Crippen LogP contribution in [0.5, 0.6) is 0 Å². The molecule has 28 heavy (non-hydrogen) atoms. The molecule has 4 aromatic carbocycles. The van der Waals surface area contributed by atoms with Crippen LogP contribution in [0.2, 0.25) is 0 Å². The number of carbonyl (C=O) groups excluding carboxylic acids is 1. The molecule has 3 nitrogen and oxygen atoms in total. The highest BCUT2D eigenvalue weighted by atomic mass is 16.1. The lowest BCUT2D eigenvalue weighted by Gasteiger charge is -2.20. The van der Waals surface area contributed by atoms with Crippen LogP contribution in [0.25, 0.3) is 10.8 Å². The Kier molecular flexibility index (Phi) is 5.46. The molecule has 2 N–H and O–H groups in total. The predicted octanol–water partition coefficient (Wildman–Crippen LogP) is 5.16. The number of amides is 1. The molecular formula is C25H22N2O. The second kappa shape index (κ2) is 8.51. The molecule has 0 saturated heterocycles. The van der Waals surface area contributed by atoms with Crippen molar-refractivity contribution >= 4 is 22.4 Å². The monoisotopic (exact) mass is 366 g/mol. The average molecular weight is 366 g/mol. The lowest BCUT2D eigenvalue weighted by molar-refractivity contribution is -0.115. The van der Waals surface area contributed by atoms with Crippen molar-refractivity contribution < 1.29 is 4.79 Å². The molecule has 138 valence electrons. The second-order valence-corrected chi connectivity index (χ2v) is 6.71. The summed E-state index contributed by atoms with van der Waals surface area (Å²) in [6.45, 7) is 0.220. The van der Waals surface area contributed by atoms with Gasteiger partial charge < -0.3 is 5.32 Å². The van der Waals surface area contributed by atoms with E-state index in [-0.39, 0.29) is 18.5 Å². The third-order valence-electron chi connectivity index (χ3n) is 4.80. The Morgan fingerprint density at radius 2 is 1.25 bits per heavy atom. The van der Waals surface area contributed by atoms with Crippen LogP contribution in [0.4, 0.5) is 5.69 Å². The van der Waals surface area contributed by atoms with Gasteiger partial charge in [-0.05, 0) is 22.6 Å². The van der Waals surface area contributed by atoms with Crippen LogP contribution in [0.15, 0.2) is 103 Å². The van der Waals surface area contributed by atoms with Crippen molar-refractivity contribution in [3.8, 4) is 0 Å². The van der Waals surface area contributed by atoms with Crippen LogP contribution in [-0.2, 0) is 4.79 Å². The molecule has 0 radical (unpaired) electrons. The van der Waals surface area contributed by atoms with Crippen LogP contribution in [0, 0.1) is 0 Å². The lowest BCUT2D eigenvalue weighted by Crippen LogP contribution is -2.32. The molecule has 4 aromatic rings. The van der Waals surface area contributed by atoms with Gasteiger partial charge in [0, 0.05) is 11.1 Å². The molecule has 0 unspecified atom stereocenters. The van der Waals surface area contributed by atoms with E-state index < -0.39 is 0 Å². The number of fused-ring (bicyclic) bond motifs is 1. The van der Waals surface area contributed by atoms with Gasteiger partial charge in [0.15, 0.2) is 0 Å². The lowest BCUT2D eigenvalue weighted by atomic mass is 9.99. The molecule has 0 bridgehead atoms. The summed E-state index contributed by atoms with van der Waals surface area (Å²) in [6.07, 6.45) is 0. The fourth-order valence-corrected chi connectivity index (χ4v) is 3.44. The predicted molar refractivity (Wildman–Crippen MR) is 115 cm³/mol. The van der Waals surface area contributed by atoms with Crippen molar-refractivity contribution in [2.24, 2.45) is 0 Å². The Morgan fingerprint density at radius 3 is 1.93 bits per heavy atom. The van der Waals surface area contributed by atoms with Crippen molar-refractivity contribution in [2.75, 3.05) is 11.9 Å². The summed E-state index contributed by atoms with van der Waals surface area (Å²) in [5, 5.41) is 8.60. The first-order chi connectivity index (χ1) is 13.8. The molecule has 1 amide bonds. The third kappa shape index (κ3) is 4.11. The van der Waals surface area contributed by atoms with E-state index >= 15 is 0 Å². The quantitative estimate of drug-likeness (QED) is 0.495. The molecule has 3 heteroatoms. The molecule has 0 saturated carbocycles. The molecule has 0 fully saturated rings. The van der Waals surface area contributed by atoms with Crippen molar-refractivity contribution in [2.45, 2.75) is 6.04 Å². The average Bonchev–Trinajstić information content (AvgIpc) is 2.76. The van der Waals surface area contributed by atoms with Gasteiger partial charge in [0.1, 0.15) is 0 Å². The zero-order chi connectivity index (χ0) is 19.2. The van der Waals surface area contributed by atoms with Crippen LogP contribution in [-0.4, -0.2) is 12.5 Å². The molecular weight excluding hydrogens is 344 g/mol. The Bertz CT molecular complexity index is 1020. The smallest absolute Gasteiger partial charge is 0.238 e. The molecule has 0 aromatic heterocycles. The van der Waals surface area contributed by atoms with Gasteiger partial charge >= 0.3 is 0 Å². The third-order valence-corrected chi connectivity index (χ3v) is 4.80. The number of rotatable bonds is 6.